The molecule has 1 unspecified atom stereocenters. The summed E-state index contributed by atoms with van der Waals surface area (Å²) in [5.41, 5.74) is 0.428. The monoisotopic (exact) mass is 387 g/mol. The van der Waals surface area contributed by atoms with Gasteiger partial charge in [-0.3, -0.25) is 0 Å². The third kappa shape index (κ3) is 2.71. The zero-order valence-corrected chi connectivity index (χ0v) is 15.5. The van der Waals surface area contributed by atoms with Crippen molar-refractivity contribution in [2.75, 3.05) is 20.8 Å². The lowest BCUT2D eigenvalue weighted by atomic mass is 9.89. The van der Waals surface area contributed by atoms with E-state index in [1.807, 2.05) is 24.3 Å². The van der Waals surface area contributed by atoms with Gasteiger partial charge < -0.3 is 13.7 Å². The molecule has 0 spiro atoms. The van der Waals surface area contributed by atoms with E-state index in [-0.39, 0.29) is 12.3 Å². The van der Waals surface area contributed by atoms with Crippen molar-refractivity contribution in [3.63, 3.8) is 0 Å². The lowest BCUT2D eigenvalue weighted by Crippen LogP contribution is -2.49. The fraction of sp³-hybridized carbons (Fsp3) is 0.222. The summed E-state index contributed by atoms with van der Waals surface area (Å²) in [6.45, 7) is 0.163. The van der Waals surface area contributed by atoms with Crippen molar-refractivity contribution in [2.45, 2.75) is 5.54 Å². The fourth-order valence-electron chi connectivity index (χ4n) is 3.21. The van der Waals surface area contributed by atoms with E-state index in [9.17, 15) is 8.42 Å². The van der Waals surface area contributed by atoms with E-state index >= 15 is 0 Å². The van der Waals surface area contributed by atoms with E-state index in [0.717, 1.165) is 9.98 Å². The number of hydrogen-bond donors (Lipinski definition) is 0. The third-order valence-electron chi connectivity index (χ3n) is 4.52. The van der Waals surface area contributed by atoms with Crippen molar-refractivity contribution in [1.82, 2.24) is 4.41 Å². The molecule has 140 valence electrons. The predicted octanol–water partition coefficient (Wildman–Crippen LogP) is 2.93. The van der Waals surface area contributed by atoms with Gasteiger partial charge in [-0.25, -0.2) is 0 Å². The maximum atomic E-state index is 12.5. The molecule has 2 aliphatic rings. The van der Waals surface area contributed by atoms with E-state index in [0.29, 0.717) is 17.1 Å². The Hall–Kier alpha value is -3.07. The molecule has 0 radical (unpaired) electrons. The van der Waals surface area contributed by atoms with Crippen LogP contribution in [0.4, 0.5) is 0 Å². The first-order valence-corrected chi connectivity index (χ1v) is 9.50. The second-order valence-electron chi connectivity index (χ2n) is 6.04. The van der Waals surface area contributed by atoms with Gasteiger partial charge >= 0.3 is 10.3 Å². The maximum Gasteiger partial charge on any atom is 0.427 e. The topological polar surface area (TPSA) is 89.8 Å². The van der Waals surface area contributed by atoms with Crippen LogP contribution in [0.1, 0.15) is 11.1 Å². The van der Waals surface area contributed by atoms with Crippen molar-refractivity contribution >= 4 is 16.4 Å². The Morgan fingerprint density at radius 2 is 1.93 bits per heavy atom. The van der Waals surface area contributed by atoms with Gasteiger partial charge in [0.15, 0.2) is 17.2 Å². The summed E-state index contributed by atoms with van der Waals surface area (Å²) in [6.07, 6.45) is 3.58. The molecule has 2 heterocycles. The van der Waals surface area contributed by atoms with Crippen molar-refractivity contribution in [3.05, 3.63) is 59.7 Å². The molecule has 0 aromatic heterocycles. The highest BCUT2D eigenvalue weighted by molar-refractivity contribution is 7.84. The van der Waals surface area contributed by atoms with Crippen LogP contribution in [-0.2, 0) is 15.8 Å². The zero-order chi connectivity index (χ0) is 19.1. The SMILES string of the molecule is COc1ccc(/C=C/C23CN=NN2S(=O)(=O)Oc2ccccc23)cc1OC. The summed E-state index contributed by atoms with van der Waals surface area (Å²) in [4.78, 5) is 0. The van der Waals surface area contributed by atoms with Gasteiger partial charge in [0, 0.05) is 5.56 Å². The summed E-state index contributed by atoms with van der Waals surface area (Å²) in [6, 6.07) is 12.4. The highest BCUT2D eigenvalue weighted by Crippen LogP contribution is 2.46. The lowest BCUT2D eigenvalue weighted by molar-refractivity contribution is 0.244. The third-order valence-corrected chi connectivity index (χ3v) is 5.73. The second kappa shape index (κ2) is 6.27. The van der Waals surface area contributed by atoms with Gasteiger partial charge in [-0.15, -0.1) is 4.41 Å². The van der Waals surface area contributed by atoms with E-state index in [2.05, 4.69) is 10.3 Å². The molecular weight excluding hydrogens is 370 g/mol. The summed E-state index contributed by atoms with van der Waals surface area (Å²) < 4.78 is 41.6. The molecule has 0 fully saturated rings. The van der Waals surface area contributed by atoms with Crippen molar-refractivity contribution in [1.29, 1.82) is 0 Å². The zero-order valence-electron chi connectivity index (χ0n) is 14.7. The molecule has 2 aromatic carbocycles. The van der Waals surface area contributed by atoms with E-state index in [4.69, 9.17) is 13.7 Å². The second-order valence-corrected chi connectivity index (χ2v) is 7.41. The van der Waals surface area contributed by atoms with Crippen molar-refractivity contribution in [2.24, 2.45) is 10.3 Å². The van der Waals surface area contributed by atoms with Crippen molar-refractivity contribution in [3.8, 4) is 17.2 Å². The molecule has 1 atom stereocenters. The highest BCUT2D eigenvalue weighted by atomic mass is 32.2. The molecule has 27 heavy (non-hydrogen) atoms. The smallest absolute Gasteiger partial charge is 0.427 e. The Bertz CT molecular complexity index is 1050. The van der Waals surface area contributed by atoms with Crippen LogP contribution in [0.2, 0.25) is 0 Å². The van der Waals surface area contributed by atoms with Crippen LogP contribution in [0.15, 0.2) is 58.9 Å². The molecule has 0 saturated heterocycles. The van der Waals surface area contributed by atoms with Gasteiger partial charge in [-0.2, -0.15) is 13.5 Å². The van der Waals surface area contributed by atoms with E-state index < -0.39 is 15.8 Å². The average molecular weight is 387 g/mol. The van der Waals surface area contributed by atoms with Crippen LogP contribution in [0.3, 0.4) is 0 Å². The van der Waals surface area contributed by atoms with Crippen LogP contribution in [0, 0.1) is 0 Å². The number of para-hydroxylation sites is 1. The maximum absolute atomic E-state index is 12.5. The van der Waals surface area contributed by atoms with Crippen LogP contribution in [-0.4, -0.2) is 33.6 Å². The molecule has 0 bridgehead atoms. The normalized spacial score (nSPS) is 22.2. The molecule has 8 nitrogen and oxygen atoms in total. The Morgan fingerprint density at radius 1 is 1.15 bits per heavy atom. The Labute approximate surface area is 156 Å². The molecule has 4 rings (SSSR count). The van der Waals surface area contributed by atoms with Crippen LogP contribution in [0.5, 0.6) is 17.2 Å². The van der Waals surface area contributed by atoms with Crippen LogP contribution in [0.25, 0.3) is 6.08 Å². The van der Waals surface area contributed by atoms with Gasteiger partial charge in [0.1, 0.15) is 5.54 Å². The molecule has 0 aliphatic carbocycles. The first-order chi connectivity index (χ1) is 13.0. The summed E-state index contributed by atoms with van der Waals surface area (Å²) in [5, 5.41) is 7.77. The quantitative estimate of drug-likeness (QED) is 0.805. The van der Waals surface area contributed by atoms with E-state index in [1.54, 1.807) is 44.6 Å². The predicted molar refractivity (Wildman–Crippen MR) is 97.8 cm³/mol. The first-order valence-electron chi connectivity index (χ1n) is 8.13. The largest absolute Gasteiger partial charge is 0.493 e. The Balaban J connectivity index is 1.81. The molecule has 0 saturated carbocycles. The minimum Gasteiger partial charge on any atom is -0.493 e. The standard InChI is InChI=1S/C18H17N3O5S/c1-24-16-8-7-13(11-17(16)25-2)9-10-18-12-19-20-21(18)27(22,23)26-15-6-4-3-5-14(15)18/h3-11H,12H2,1-2H3/b10-9+. The first kappa shape index (κ1) is 17.3. The van der Waals surface area contributed by atoms with Crippen molar-refractivity contribution < 1.29 is 22.1 Å². The summed E-state index contributed by atoms with van der Waals surface area (Å²) >= 11 is 0. The van der Waals surface area contributed by atoms with E-state index in [1.165, 1.54) is 0 Å². The molecule has 9 heteroatoms. The molecular formula is C18H17N3O5S. The number of rotatable bonds is 4. The molecule has 0 N–H and O–H groups in total. The van der Waals surface area contributed by atoms with Crippen LogP contribution >= 0.6 is 0 Å². The van der Waals surface area contributed by atoms with Gasteiger partial charge in [-0.05, 0) is 29.8 Å². The van der Waals surface area contributed by atoms with Gasteiger partial charge in [0.05, 0.1) is 20.8 Å². The summed E-state index contributed by atoms with van der Waals surface area (Å²) in [7, 11) is -0.961. The number of fused-ring (bicyclic) bond motifs is 3. The fourth-order valence-corrected chi connectivity index (χ4v) is 4.41. The Kier molecular flexibility index (Phi) is 4.03. The number of methoxy groups -OCH3 is 2. The minimum absolute atomic E-state index is 0.163. The number of benzene rings is 2. The van der Waals surface area contributed by atoms with Crippen LogP contribution < -0.4 is 13.7 Å². The van der Waals surface area contributed by atoms with Gasteiger partial charge in [0.25, 0.3) is 0 Å². The number of nitrogens with zero attached hydrogens (tertiary/aromatic N) is 3. The van der Waals surface area contributed by atoms with Gasteiger partial charge in [0.2, 0.25) is 0 Å². The average Bonchev–Trinajstić information content (AvgIpc) is 3.12. The molecule has 2 aliphatic heterocycles. The number of ether oxygens (including phenoxy) is 2. The molecule has 2 aromatic rings. The Morgan fingerprint density at radius 3 is 2.70 bits per heavy atom. The van der Waals surface area contributed by atoms with Gasteiger partial charge in [-0.1, -0.05) is 35.6 Å². The summed E-state index contributed by atoms with van der Waals surface area (Å²) in [5.74, 6) is 1.46. The highest BCUT2D eigenvalue weighted by Gasteiger charge is 2.53. The number of hydrogen-bond acceptors (Lipinski definition) is 7. The minimum atomic E-state index is -4.08. The molecule has 0 amide bonds. The lowest BCUT2D eigenvalue weighted by Gasteiger charge is -2.37.